The monoisotopic (exact) mass is 311 g/mol. The quantitative estimate of drug-likeness (QED) is 0.880. The third kappa shape index (κ3) is 2.83. The number of ether oxygens (including phenoxy) is 1. The number of aliphatic hydroxyl groups is 1. The molecule has 1 amide bonds. The topological polar surface area (TPSA) is 66.8 Å². The van der Waals surface area contributed by atoms with E-state index in [-0.39, 0.29) is 18.6 Å². The SMILES string of the molecule is CC(c1ccccc1)N1C(=O)COc2ccc(C(=O)CO)cc21. The Morgan fingerprint density at radius 3 is 2.70 bits per heavy atom. The number of benzene rings is 2. The lowest BCUT2D eigenvalue weighted by molar-refractivity contribution is -0.121. The van der Waals surface area contributed by atoms with Crippen LogP contribution in [0.2, 0.25) is 0 Å². The number of anilines is 1. The number of nitrogens with zero attached hydrogens (tertiary/aromatic N) is 1. The molecule has 23 heavy (non-hydrogen) atoms. The lowest BCUT2D eigenvalue weighted by Gasteiger charge is -2.34. The van der Waals surface area contributed by atoms with Crippen molar-refractivity contribution in [3.05, 3.63) is 59.7 Å². The van der Waals surface area contributed by atoms with Crippen LogP contribution < -0.4 is 9.64 Å². The summed E-state index contributed by atoms with van der Waals surface area (Å²) in [5.74, 6) is 0.00228. The van der Waals surface area contributed by atoms with Gasteiger partial charge in [-0.3, -0.25) is 14.5 Å². The third-order valence-electron chi connectivity index (χ3n) is 3.97. The van der Waals surface area contributed by atoms with Gasteiger partial charge in [0.05, 0.1) is 11.7 Å². The highest BCUT2D eigenvalue weighted by Crippen LogP contribution is 2.38. The molecule has 0 aromatic heterocycles. The summed E-state index contributed by atoms with van der Waals surface area (Å²) in [7, 11) is 0. The molecule has 5 nitrogen and oxygen atoms in total. The molecule has 118 valence electrons. The standard InChI is InChI=1S/C18H17NO4/c1-12(13-5-3-2-4-6-13)19-15-9-14(16(21)10-20)7-8-17(15)23-11-18(19)22/h2-9,12,20H,10-11H2,1H3. The van der Waals surface area contributed by atoms with Crippen molar-refractivity contribution in [1.82, 2.24) is 0 Å². The second kappa shape index (κ2) is 6.22. The number of amides is 1. The van der Waals surface area contributed by atoms with Gasteiger partial charge in [0.1, 0.15) is 12.4 Å². The molecule has 0 spiro atoms. The van der Waals surface area contributed by atoms with E-state index in [1.807, 2.05) is 37.3 Å². The fourth-order valence-electron chi connectivity index (χ4n) is 2.74. The number of Topliss-reactive ketones (excluding diaryl/α,β-unsaturated/α-hetero) is 1. The first-order valence-corrected chi connectivity index (χ1v) is 7.39. The van der Waals surface area contributed by atoms with E-state index in [1.165, 1.54) is 0 Å². The number of rotatable bonds is 4. The zero-order valence-electron chi connectivity index (χ0n) is 12.7. The van der Waals surface area contributed by atoms with E-state index >= 15 is 0 Å². The van der Waals surface area contributed by atoms with Crippen molar-refractivity contribution >= 4 is 17.4 Å². The van der Waals surface area contributed by atoms with Crippen molar-refractivity contribution in [2.45, 2.75) is 13.0 Å². The van der Waals surface area contributed by atoms with E-state index < -0.39 is 12.4 Å². The van der Waals surface area contributed by atoms with Crippen molar-refractivity contribution in [2.24, 2.45) is 0 Å². The Kier molecular flexibility index (Phi) is 4.12. The van der Waals surface area contributed by atoms with Crippen LogP contribution in [-0.4, -0.2) is 30.0 Å². The second-order valence-electron chi connectivity index (χ2n) is 5.40. The first-order chi connectivity index (χ1) is 11.1. The zero-order chi connectivity index (χ0) is 16.4. The van der Waals surface area contributed by atoms with Crippen LogP contribution in [0, 0.1) is 0 Å². The molecule has 1 atom stereocenters. The Morgan fingerprint density at radius 2 is 2.00 bits per heavy atom. The summed E-state index contributed by atoms with van der Waals surface area (Å²) in [5, 5.41) is 9.04. The molecule has 0 radical (unpaired) electrons. The Bertz CT molecular complexity index is 742. The number of carbonyl (C=O) groups is 2. The lowest BCUT2D eigenvalue weighted by atomic mass is 10.0. The molecule has 0 saturated carbocycles. The van der Waals surface area contributed by atoms with Gasteiger partial charge in [-0.15, -0.1) is 0 Å². The first kappa shape index (κ1) is 15.2. The van der Waals surface area contributed by atoms with Crippen LogP contribution in [0.25, 0.3) is 0 Å². The van der Waals surface area contributed by atoms with Crippen LogP contribution in [0.5, 0.6) is 5.75 Å². The summed E-state index contributed by atoms with van der Waals surface area (Å²) in [6.45, 7) is 1.34. The van der Waals surface area contributed by atoms with E-state index in [2.05, 4.69) is 0 Å². The van der Waals surface area contributed by atoms with E-state index in [0.29, 0.717) is 17.0 Å². The summed E-state index contributed by atoms with van der Waals surface area (Å²) >= 11 is 0. The van der Waals surface area contributed by atoms with Crippen molar-refractivity contribution in [3.8, 4) is 5.75 Å². The number of hydrogen-bond donors (Lipinski definition) is 1. The minimum atomic E-state index is -0.568. The summed E-state index contributed by atoms with van der Waals surface area (Å²) in [6, 6.07) is 14.3. The van der Waals surface area contributed by atoms with Gasteiger partial charge in [0.2, 0.25) is 0 Å². The van der Waals surface area contributed by atoms with Crippen LogP contribution in [0.1, 0.15) is 28.9 Å². The molecule has 0 aliphatic carbocycles. The van der Waals surface area contributed by atoms with Gasteiger partial charge in [0.25, 0.3) is 5.91 Å². The van der Waals surface area contributed by atoms with Crippen molar-refractivity contribution in [3.63, 3.8) is 0 Å². The Balaban J connectivity index is 2.05. The molecule has 1 aliphatic rings. The van der Waals surface area contributed by atoms with Crippen molar-refractivity contribution in [1.29, 1.82) is 0 Å². The van der Waals surface area contributed by atoms with E-state index in [4.69, 9.17) is 9.84 Å². The minimum Gasteiger partial charge on any atom is -0.482 e. The molecular weight excluding hydrogens is 294 g/mol. The summed E-state index contributed by atoms with van der Waals surface area (Å²) in [4.78, 5) is 25.8. The Hall–Kier alpha value is -2.66. The fourth-order valence-corrected chi connectivity index (χ4v) is 2.74. The van der Waals surface area contributed by atoms with E-state index in [0.717, 1.165) is 5.56 Å². The van der Waals surface area contributed by atoms with Gasteiger partial charge in [0.15, 0.2) is 12.4 Å². The predicted molar refractivity (Wildman–Crippen MR) is 85.7 cm³/mol. The average Bonchev–Trinajstić information content (AvgIpc) is 2.60. The molecule has 0 bridgehead atoms. The van der Waals surface area contributed by atoms with Crippen LogP contribution in [0.3, 0.4) is 0 Å². The predicted octanol–water partition coefficient (Wildman–Crippen LogP) is 2.35. The largest absolute Gasteiger partial charge is 0.482 e. The van der Waals surface area contributed by atoms with Gasteiger partial charge in [-0.1, -0.05) is 30.3 Å². The van der Waals surface area contributed by atoms with Gasteiger partial charge >= 0.3 is 0 Å². The van der Waals surface area contributed by atoms with Crippen molar-refractivity contribution < 1.29 is 19.4 Å². The molecule has 1 heterocycles. The van der Waals surface area contributed by atoms with Crippen LogP contribution in [-0.2, 0) is 4.79 Å². The molecule has 1 N–H and O–H groups in total. The summed E-state index contributed by atoms with van der Waals surface area (Å²) in [5.41, 5.74) is 1.90. The second-order valence-corrected chi connectivity index (χ2v) is 5.40. The molecule has 2 aromatic rings. The normalized spacial score (nSPS) is 14.9. The zero-order valence-corrected chi connectivity index (χ0v) is 12.7. The summed E-state index contributed by atoms with van der Waals surface area (Å²) < 4.78 is 5.46. The number of carbonyl (C=O) groups excluding carboxylic acids is 2. The maximum absolute atomic E-state index is 12.4. The molecule has 2 aromatic carbocycles. The van der Waals surface area contributed by atoms with E-state index in [9.17, 15) is 9.59 Å². The van der Waals surface area contributed by atoms with Gasteiger partial charge < -0.3 is 9.84 Å². The highest BCUT2D eigenvalue weighted by molar-refractivity contribution is 6.02. The van der Waals surface area contributed by atoms with Crippen LogP contribution in [0.15, 0.2) is 48.5 Å². The molecular formula is C18H17NO4. The van der Waals surface area contributed by atoms with Gasteiger partial charge in [-0.2, -0.15) is 0 Å². The number of fused-ring (bicyclic) bond motifs is 1. The van der Waals surface area contributed by atoms with Gasteiger partial charge in [-0.25, -0.2) is 0 Å². The maximum atomic E-state index is 12.4. The van der Waals surface area contributed by atoms with Crippen molar-refractivity contribution in [2.75, 3.05) is 18.1 Å². The minimum absolute atomic E-state index is 0.0303. The fraction of sp³-hybridized carbons (Fsp3) is 0.222. The van der Waals surface area contributed by atoms with Gasteiger partial charge in [-0.05, 0) is 30.7 Å². The first-order valence-electron chi connectivity index (χ1n) is 7.39. The highest BCUT2D eigenvalue weighted by Gasteiger charge is 2.30. The molecule has 0 fully saturated rings. The summed E-state index contributed by atoms with van der Waals surface area (Å²) in [6.07, 6.45) is 0. The third-order valence-corrected chi connectivity index (χ3v) is 3.97. The maximum Gasteiger partial charge on any atom is 0.265 e. The van der Waals surface area contributed by atoms with Gasteiger partial charge in [0, 0.05) is 5.56 Å². The Labute approximate surface area is 134 Å². The number of aliphatic hydroxyl groups excluding tert-OH is 1. The Morgan fingerprint density at radius 1 is 1.26 bits per heavy atom. The number of ketones is 1. The molecule has 3 rings (SSSR count). The number of hydrogen-bond acceptors (Lipinski definition) is 4. The molecule has 5 heteroatoms. The molecule has 0 saturated heterocycles. The lowest BCUT2D eigenvalue weighted by Crippen LogP contribution is -2.40. The van der Waals surface area contributed by atoms with E-state index in [1.54, 1.807) is 23.1 Å². The molecule has 1 aliphatic heterocycles. The molecule has 1 unspecified atom stereocenters. The highest BCUT2D eigenvalue weighted by atomic mass is 16.5. The smallest absolute Gasteiger partial charge is 0.265 e. The van der Waals surface area contributed by atoms with Crippen LogP contribution >= 0.6 is 0 Å². The average molecular weight is 311 g/mol. The van der Waals surface area contributed by atoms with Crippen LogP contribution in [0.4, 0.5) is 5.69 Å².